The smallest absolute Gasteiger partial charge is 0.339 e. The van der Waals surface area contributed by atoms with Gasteiger partial charge in [0, 0.05) is 6.42 Å². The summed E-state index contributed by atoms with van der Waals surface area (Å²) in [6, 6.07) is 12.7. The Kier molecular flexibility index (Phi) is 6.98. The molecule has 2 aromatic carbocycles. The molecule has 0 fully saturated rings. The van der Waals surface area contributed by atoms with Gasteiger partial charge in [0.15, 0.2) is 17.6 Å². The van der Waals surface area contributed by atoms with Gasteiger partial charge in [0.05, 0.1) is 24.8 Å². The number of rotatable bonds is 8. The van der Waals surface area contributed by atoms with Gasteiger partial charge in [-0.05, 0) is 49.1 Å². The Morgan fingerprint density at radius 1 is 1.10 bits per heavy atom. The molecule has 2 atom stereocenters. The zero-order valence-corrected chi connectivity index (χ0v) is 17.9. The molecule has 30 heavy (non-hydrogen) atoms. The molecule has 0 saturated heterocycles. The zero-order chi connectivity index (χ0) is 21.7. The van der Waals surface area contributed by atoms with Crippen molar-refractivity contribution in [3.05, 3.63) is 59.2 Å². The molecule has 0 unspecified atom stereocenters. The van der Waals surface area contributed by atoms with E-state index in [4.69, 9.17) is 14.2 Å². The molecule has 0 spiro atoms. The first-order valence-corrected chi connectivity index (χ1v) is 10.4. The Bertz CT molecular complexity index is 908. The van der Waals surface area contributed by atoms with Crippen molar-refractivity contribution in [1.29, 1.82) is 0 Å². The summed E-state index contributed by atoms with van der Waals surface area (Å²) in [7, 11) is 0. The van der Waals surface area contributed by atoms with E-state index in [2.05, 4.69) is 5.32 Å². The molecule has 0 saturated carbocycles. The van der Waals surface area contributed by atoms with E-state index in [0.717, 1.165) is 11.1 Å². The standard InChI is InChI=1S/C24H29NO5/c1-5-28-19-12-11-17(14-20(19)29-6-2)22(15(3)4)25-23(26)21-13-16-9-7-8-10-18(16)24(27)30-21/h7-12,14-15,21-22H,5-6,13H2,1-4H3,(H,25,26)/t21-,22+/m0/s1. The van der Waals surface area contributed by atoms with Gasteiger partial charge in [-0.3, -0.25) is 4.79 Å². The van der Waals surface area contributed by atoms with Gasteiger partial charge in [-0.25, -0.2) is 4.79 Å². The summed E-state index contributed by atoms with van der Waals surface area (Å²) in [5, 5.41) is 3.06. The molecular weight excluding hydrogens is 382 g/mol. The molecule has 2 aromatic rings. The molecule has 0 aromatic heterocycles. The summed E-state index contributed by atoms with van der Waals surface area (Å²) in [6.07, 6.45) is -0.478. The maximum Gasteiger partial charge on any atom is 0.339 e. The lowest BCUT2D eigenvalue weighted by Gasteiger charge is -2.28. The monoisotopic (exact) mass is 411 g/mol. The topological polar surface area (TPSA) is 73.9 Å². The average molecular weight is 411 g/mol. The highest BCUT2D eigenvalue weighted by molar-refractivity contribution is 5.95. The molecule has 6 heteroatoms. The van der Waals surface area contributed by atoms with Crippen LogP contribution in [0.2, 0.25) is 0 Å². The Morgan fingerprint density at radius 3 is 2.50 bits per heavy atom. The van der Waals surface area contributed by atoms with Crippen LogP contribution in [0.1, 0.15) is 55.2 Å². The number of cyclic esters (lactones) is 1. The summed E-state index contributed by atoms with van der Waals surface area (Å²) in [5.74, 6) is 0.679. The zero-order valence-electron chi connectivity index (χ0n) is 17.9. The normalized spacial score (nSPS) is 16.4. The number of nitrogens with one attached hydrogen (secondary N) is 1. The van der Waals surface area contributed by atoms with E-state index in [9.17, 15) is 9.59 Å². The van der Waals surface area contributed by atoms with Crippen LogP contribution in [0, 0.1) is 5.92 Å². The number of carbonyl (C=O) groups is 2. The number of carbonyl (C=O) groups excluding carboxylic acids is 2. The van der Waals surface area contributed by atoms with Crippen molar-refractivity contribution in [3.8, 4) is 11.5 Å². The van der Waals surface area contributed by atoms with Crippen LogP contribution in [-0.4, -0.2) is 31.2 Å². The third kappa shape index (κ3) is 4.75. The summed E-state index contributed by atoms with van der Waals surface area (Å²) in [4.78, 5) is 25.3. The van der Waals surface area contributed by atoms with E-state index in [1.807, 2.05) is 58.0 Å². The lowest BCUT2D eigenvalue weighted by atomic mass is 9.94. The first-order chi connectivity index (χ1) is 14.4. The quantitative estimate of drug-likeness (QED) is 0.663. The van der Waals surface area contributed by atoms with E-state index in [1.54, 1.807) is 12.1 Å². The fourth-order valence-corrected chi connectivity index (χ4v) is 3.62. The maximum absolute atomic E-state index is 13.0. The fourth-order valence-electron chi connectivity index (χ4n) is 3.62. The maximum atomic E-state index is 13.0. The van der Waals surface area contributed by atoms with E-state index in [1.165, 1.54) is 0 Å². The lowest BCUT2D eigenvalue weighted by Crippen LogP contribution is -2.44. The summed E-state index contributed by atoms with van der Waals surface area (Å²) in [5.41, 5.74) is 2.26. The summed E-state index contributed by atoms with van der Waals surface area (Å²) in [6.45, 7) is 8.95. The second kappa shape index (κ2) is 9.65. The molecule has 1 aliphatic heterocycles. The van der Waals surface area contributed by atoms with Gasteiger partial charge < -0.3 is 19.5 Å². The third-order valence-electron chi connectivity index (χ3n) is 5.08. The van der Waals surface area contributed by atoms with Gasteiger partial charge in [-0.15, -0.1) is 0 Å². The van der Waals surface area contributed by atoms with Crippen molar-refractivity contribution in [2.75, 3.05) is 13.2 Å². The Hall–Kier alpha value is -3.02. The number of amides is 1. The van der Waals surface area contributed by atoms with Gasteiger partial charge in [0.25, 0.3) is 5.91 Å². The van der Waals surface area contributed by atoms with Gasteiger partial charge in [-0.2, -0.15) is 0 Å². The van der Waals surface area contributed by atoms with Gasteiger partial charge >= 0.3 is 5.97 Å². The molecule has 0 radical (unpaired) electrons. The summed E-state index contributed by atoms with van der Waals surface area (Å²) < 4.78 is 16.8. The Morgan fingerprint density at radius 2 is 1.80 bits per heavy atom. The molecule has 1 amide bonds. The van der Waals surface area contributed by atoms with Crippen LogP contribution in [0.25, 0.3) is 0 Å². The predicted molar refractivity (Wildman–Crippen MR) is 114 cm³/mol. The van der Waals surface area contributed by atoms with Crippen LogP contribution in [0.5, 0.6) is 11.5 Å². The van der Waals surface area contributed by atoms with Gasteiger partial charge in [0.2, 0.25) is 0 Å². The third-order valence-corrected chi connectivity index (χ3v) is 5.08. The molecule has 6 nitrogen and oxygen atoms in total. The van der Waals surface area contributed by atoms with Crippen LogP contribution in [0.3, 0.4) is 0 Å². The van der Waals surface area contributed by atoms with Crippen molar-refractivity contribution < 1.29 is 23.8 Å². The van der Waals surface area contributed by atoms with E-state index in [-0.39, 0.29) is 17.9 Å². The average Bonchev–Trinajstić information content (AvgIpc) is 2.73. The van der Waals surface area contributed by atoms with Crippen LogP contribution in [-0.2, 0) is 16.0 Å². The van der Waals surface area contributed by atoms with Crippen LogP contribution in [0.4, 0.5) is 0 Å². The molecule has 160 valence electrons. The molecule has 0 aliphatic carbocycles. The largest absolute Gasteiger partial charge is 0.490 e. The van der Waals surface area contributed by atoms with E-state index < -0.39 is 12.1 Å². The molecular formula is C24H29NO5. The number of hydrogen-bond acceptors (Lipinski definition) is 5. The van der Waals surface area contributed by atoms with Crippen molar-refractivity contribution in [1.82, 2.24) is 5.32 Å². The minimum absolute atomic E-state index is 0.118. The first-order valence-electron chi connectivity index (χ1n) is 10.4. The predicted octanol–water partition coefficient (Wildman–Crippen LogP) is 4.08. The van der Waals surface area contributed by atoms with E-state index >= 15 is 0 Å². The Balaban J connectivity index is 1.80. The lowest BCUT2D eigenvalue weighted by molar-refractivity contribution is -0.131. The molecule has 1 N–H and O–H groups in total. The summed E-state index contributed by atoms with van der Waals surface area (Å²) >= 11 is 0. The Labute approximate surface area is 177 Å². The van der Waals surface area contributed by atoms with Crippen molar-refractivity contribution in [2.45, 2.75) is 46.3 Å². The minimum Gasteiger partial charge on any atom is -0.490 e. The molecule has 1 aliphatic rings. The van der Waals surface area contributed by atoms with Crippen molar-refractivity contribution >= 4 is 11.9 Å². The SMILES string of the molecule is CCOc1ccc([C@H](NC(=O)[C@@H]2Cc3ccccc3C(=O)O2)C(C)C)cc1OCC. The van der Waals surface area contributed by atoms with Crippen LogP contribution >= 0.6 is 0 Å². The fraction of sp³-hybridized carbons (Fsp3) is 0.417. The molecule has 0 bridgehead atoms. The van der Waals surface area contributed by atoms with Crippen LogP contribution in [0.15, 0.2) is 42.5 Å². The highest BCUT2D eigenvalue weighted by atomic mass is 16.5. The highest BCUT2D eigenvalue weighted by Gasteiger charge is 2.33. The minimum atomic E-state index is -0.845. The number of esters is 1. The van der Waals surface area contributed by atoms with Crippen molar-refractivity contribution in [3.63, 3.8) is 0 Å². The molecule has 3 rings (SSSR count). The molecule has 1 heterocycles. The number of benzene rings is 2. The first kappa shape index (κ1) is 21.7. The van der Waals surface area contributed by atoms with Crippen LogP contribution < -0.4 is 14.8 Å². The van der Waals surface area contributed by atoms with E-state index in [0.29, 0.717) is 36.7 Å². The van der Waals surface area contributed by atoms with Gasteiger partial charge in [-0.1, -0.05) is 38.1 Å². The number of ether oxygens (including phenoxy) is 3. The highest BCUT2D eigenvalue weighted by Crippen LogP contribution is 2.33. The second-order valence-electron chi connectivity index (χ2n) is 7.56. The van der Waals surface area contributed by atoms with Crippen molar-refractivity contribution in [2.24, 2.45) is 5.92 Å². The second-order valence-corrected chi connectivity index (χ2v) is 7.56. The number of fused-ring (bicyclic) bond motifs is 1. The number of hydrogen-bond donors (Lipinski definition) is 1. The van der Waals surface area contributed by atoms with Gasteiger partial charge in [0.1, 0.15) is 0 Å².